The summed E-state index contributed by atoms with van der Waals surface area (Å²) in [5, 5.41) is 3.37. The van der Waals surface area contributed by atoms with Gasteiger partial charge in [-0.05, 0) is 25.2 Å². The van der Waals surface area contributed by atoms with Gasteiger partial charge < -0.3 is 10.2 Å². The van der Waals surface area contributed by atoms with E-state index in [1.54, 1.807) is 0 Å². The van der Waals surface area contributed by atoms with E-state index in [-0.39, 0.29) is 0 Å². The van der Waals surface area contributed by atoms with Crippen molar-refractivity contribution in [3.05, 3.63) is 18.1 Å². The smallest absolute Gasteiger partial charge is 0.147 e. The molecule has 112 valence electrons. The lowest BCUT2D eigenvalue weighted by Crippen LogP contribution is -2.26. The van der Waals surface area contributed by atoms with Gasteiger partial charge in [-0.1, -0.05) is 27.2 Å². The molecule has 2 heterocycles. The Morgan fingerprint density at radius 1 is 1.25 bits per heavy atom. The minimum atomic E-state index is 0.480. The molecular formula is C16H28N4. The molecule has 1 unspecified atom stereocenters. The Morgan fingerprint density at radius 2 is 2.10 bits per heavy atom. The molecule has 0 aromatic carbocycles. The zero-order valence-electron chi connectivity index (χ0n) is 13.1. The number of rotatable bonds is 5. The van der Waals surface area contributed by atoms with Gasteiger partial charge in [0.1, 0.15) is 5.82 Å². The van der Waals surface area contributed by atoms with Crippen molar-refractivity contribution < 1.29 is 0 Å². The zero-order valence-corrected chi connectivity index (χ0v) is 13.1. The Kier molecular flexibility index (Phi) is 5.77. The maximum absolute atomic E-state index is 4.60. The first-order valence-corrected chi connectivity index (χ1v) is 7.98. The summed E-state index contributed by atoms with van der Waals surface area (Å²) in [4.78, 5) is 11.5. The molecule has 4 heteroatoms. The largest absolute Gasteiger partial charge is 0.355 e. The Hall–Kier alpha value is -1.16. The highest BCUT2D eigenvalue weighted by atomic mass is 15.2. The third kappa shape index (κ3) is 4.44. The van der Waals surface area contributed by atoms with Gasteiger partial charge in [-0.2, -0.15) is 0 Å². The average molecular weight is 276 g/mol. The molecule has 1 atom stereocenters. The Balaban J connectivity index is 1.92. The fraction of sp³-hybridized carbons (Fsp3) is 0.750. The predicted octanol–water partition coefficient (Wildman–Crippen LogP) is 2.99. The van der Waals surface area contributed by atoms with Crippen LogP contribution in [-0.2, 0) is 6.54 Å². The molecule has 1 saturated heterocycles. The van der Waals surface area contributed by atoms with Crippen molar-refractivity contribution in [1.29, 1.82) is 0 Å². The summed E-state index contributed by atoms with van der Waals surface area (Å²) >= 11 is 0. The van der Waals surface area contributed by atoms with Crippen LogP contribution in [0.4, 0.5) is 5.82 Å². The first-order valence-electron chi connectivity index (χ1n) is 7.98. The summed E-state index contributed by atoms with van der Waals surface area (Å²) in [7, 11) is 0. The fourth-order valence-electron chi connectivity index (χ4n) is 2.71. The molecule has 2 rings (SSSR count). The second kappa shape index (κ2) is 7.58. The van der Waals surface area contributed by atoms with Gasteiger partial charge in [0.25, 0.3) is 0 Å². The van der Waals surface area contributed by atoms with Crippen LogP contribution in [0, 0.1) is 5.92 Å². The van der Waals surface area contributed by atoms with E-state index >= 15 is 0 Å². The highest BCUT2D eigenvalue weighted by molar-refractivity contribution is 5.35. The second-order valence-corrected chi connectivity index (χ2v) is 6.09. The van der Waals surface area contributed by atoms with Crippen molar-refractivity contribution in [3.8, 4) is 0 Å². The van der Waals surface area contributed by atoms with Gasteiger partial charge in [0, 0.05) is 25.7 Å². The summed E-state index contributed by atoms with van der Waals surface area (Å²) in [5.41, 5.74) is 1.02. The summed E-state index contributed by atoms with van der Waals surface area (Å²) in [5.74, 6) is 1.93. The Morgan fingerprint density at radius 3 is 2.75 bits per heavy atom. The van der Waals surface area contributed by atoms with E-state index in [4.69, 9.17) is 0 Å². The van der Waals surface area contributed by atoms with Gasteiger partial charge >= 0.3 is 0 Å². The van der Waals surface area contributed by atoms with E-state index < -0.39 is 0 Å². The standard InChI is InChI=1S/C16H28N4/c1-4-14-6-5-8-20(9-7-14)16-12-18-15(11-19-16)10-17-13(2)3/h11-14,17H,4-10H2,1-3H3. The molecule has 20 heavy (non-hydrogen) atoms. The number of hydrogen-bond acceptors (Lipinski definition) is 4. The van der Waals surface area contributed by atoms with E-state index in [1.165, 1.54) is 25.7 Å². The van der Waals surface area contributed by atoms with Crippen molar-refractivity contribution in [2.24, 2.45) is 5.92 Å². The van der Waals surface area contributed by atoms with Crippen LogP contribution in [0.3, 0.4) is 0 Å². The normalized spacial score (nSPS) is 20.2. The topological polar surface area (TPSA) is 41.1 Å². The van der Waals surface area contributed by atoms with Crippen LogP contribution in [0.1, 0.15) is 52.1 Å². The molecule has 0 bridgehead atoms. The Labute approximate surface area is 123 Å². The predicted molar refractivity (Wildman–Crippen MR) is 83.9 cm³/mol. The van der Waals surface area contributed by atoms with Crippen LogP contribution in [0.25, 0.3) is 0 Å². The summed E-state index contributed by atoms with van der Waals surface area (Å²) < 4.78 is 0. The lowest BCUT2D eigenvalue weighted by atomic mass is 9.98. The minimum Gasteiger partial charge on any atom is -0.355 e. The average Bonchev–Trinajstić information content (AvgIpc) is 2.71. The van der Waals surface area contributed by atoms with E-state index in [0.717, 1.165) is 37.1 Å². The molecule has 0 spiro atoms. The minimum absolute atomic E-state index is 0.480. The SMILES string of the molecule is CCC1CCCN(c2cnc(CNC(C)C)cn2)CC1. The molecule has 1 aliphatic rings. The number of nitrogens with one attached hydrogen (secondary N) is 1. The van der Waals surface area contributed by atoms with Crippen molar-refractivity contribution >= 4 is 5.82 Å². The Bertz CT molecular complexity index is 388. The zero-order chi connectivity index (χ0) is 14.4. The molecule has 0 saturated carbocycles. The van der Waals surface area contributed by atoms with Gasteiger partial charge in [0.05, 0.1) is 18.1 Å². The van der Waals surface area contributed by atoms with Crippen molar-refractivity contribution in [2.75, 3.05) is 18.0 Å². The van der Waals surface area contributed by atoms with Gasteiger partial charge in [-0.3, -0.25) is 4.98 Å². The van der Waals surface area contributed by atoms with Crippen LogP contribution in [-0.4, -0.2) is 29.1 Å². The maximum atomic E-state index is 4.60. The lowest BCUT2D eigenvalue weighted by Gasteiger charge is -2.21. The fourth-order valence-corrected chi connectivity index (χ4v) is 2.71. The van der Waals surface area contributed by atoms with Crippen molar-refractivity contribution in [3.63, 3.8) is 0 Å². The number of hydrogen-bond donors (Lipinski definition) is 1. The van der Waals surface area contributed by atoms with E-state index in [1.807, 2.05) is 12.4 Å². The number of anilines is 1. The molecular weight excluding hydrogens is 248 g/mol. The maximum Gasteiger partial charge on any atom is 0.147 e. The molecule has 0 radical (unpaired) electrons. The summed E-state index contributed by atoms with van der Waals surface area (Å²) in [6.07, 6.45) is 9.07. The van der Waals surface area contributed by atoms with Gasteiger partial charge in [0.2, 0.25) is 0 Å². The van der Waals surface area contributed by atoms with Crippen LogP contribution in [0.15, 0.2) is 12.4 Å². The number of nitrogens with zero attached hydrogens (tertiary/aromatic N) is 3. The molecule has 4 nitrogen and oxygen atoms in total. The molecule has 0 aliphatic carbocycles. The van der Waals surface area contributed by atoms with Gasteiger partial charge in [0.15, 0.2) is 0 Å². The summed E-state index contributed by atoms with van der Waals surface area (Å²) in [6, 6.07) is 0.480. The third-order valence-electron chi connectivity index (χ3n) is 4.13. The molecule has 1 N–H and O–H groups in total. The van der Waals surface area contributed by atoms with Crippen LogP contribution < -0.4 is 10.2 Å². The third-order valence-corrected chi connectivity index (χ3v) is 4.13. The van der Waals surface area contributed by atoms with Gasteiger partial charge in [-0.25, -0.2) is 4.98 Å². The van der Waals surface area contributed by atoms with E-state index in [9.17, 15) is 0 Å². The van der Waals surface area contributed by atoms with E-state index in [0.29, 0.717) is 6.04 Å². The summed E-state index contributed by atoms with van der Waals surface area (Å²) in [6.45, 7) is 9.62. The van der Waals surface area contributed by atoms with Gasteiger partial charge in [-0.15, -0.1) is 0 Å². The van der Waals surface area contributed by atoms with E-state index in [2.05, 4.69) is 41.0 Å². The molecule has 1 fully saturated rings. The first kappa shape index (κ1) is 15.2. The van der Waals surface area contributed by atoms with Crippen molar-refractivity contribution in [2.45, 2.75) is 59.0 Å². The molecule has 0 amide bonds. The highest BCUT2D eigenvalue weighted by Crippen LogP contribution is 2.22. The quantitative estimate of drug-likeness (QED) is 0.897. The molecule has 1 aromatic heterocycles. The van der Waals surface area contributed by atoms with Crippen LogP contribution in [0.2, 0.25) is 0 Å². The first-order chi connectivity index (χ1) is 9.69. The molecule has 1 aliphatic heterocycles. The van der Waals surface area contributed by atoms with Crippen molar-refractivity contribution in [1.82, 2.24) is 15.3 Å². The van der Waals surface area contributed by atoms with Crippen LogP contribution in [0.5, 0.6) is 0 Å². The van der Waals surface area contributed by atoms with Crippen LogP contribution >= 0.6 is 0 Å². The molecule has 1 aromatic rings. The lowest BCUT2D eigenvalue weighted by molar-refractivity contribution is 0.459. The second-order valence-electron chi connectivity index (χ2n) is 6.09. The monoisotopic (exact) mass is 276 g/mol. The highest BCUT2D eigenvalue weighted by Gasteiger charge is 2.16. The number of aromatic nitrogens is 2.